The first kappa shape index (κ1) is 13.0. The maximum absolute atomic E-state index is 14.4. The zero-order chi connectivity index (χ0) is 14.6. The predicted octanol–water partition coefficient (Wildman–Crippen LogP) is 1.10. The van der Waals surface area contributed by atoms with Crippen molar-refractivity contribution in [1.29, 1.82) is 0 Å². The summed E-state index contributed by atoms with van der Waals surface area (Å²) in [6, 6.07) is 3.45. The number of piperazine rings is 1. The van der Waals surface area contributed by atoms with E-state index in [4.69, 9.17) is 0 Å². The molecular formula is C15H18FN3O2. The van der Waals surface area contributed by atoms with Crippen LogP contribution in [0.2, 0.25) is 0 Å². The fourth-order valence-electron chi connectivity index (χ4n) is 3.71. The number of carbonyl (C=O) groups is 1. The lowest BCUT2D eigenvalue weighted by Gasteiger charge is -2.39. The van der Waals surface area contributed by atoms with Crippen molar-refractivity contribution in [3.63, 3.8) is 0 Å². The van der Waals surface area contributed by atoms with Gasteiger partial charge in [-0.1, -0.05) is 0 Å². The zero-order valence-electron chi connectivity index (χ0n) is 11.7. The Morgan fingerprint density at radius 3 is 3.00 bits per heavy atom. The molecule has 2 atom stereocenters. The highest BCUT2D eigenvalue weighted by molar-refractivity contribution is 6.02. The molecular weight excluding hydrogens is 273 g/mol. The minimum Gasteiger partial charge on any atom is -0.378 e. The second-order valence-corrected chi connectivity index (χ2v) is 6.06. The van der Waals surface area contributed by atoms with E-state index >= 15 is 0 Å². The maximum atomic E-state index is 14.4. The number of aliphatic hydroxyl groups excluding tert-OH is 1. The fourth-order valence-corrected chi connectivity index (χ4v) is 3.71. The van der Waals surface area contributed by atoms with Crippen LogP contribution in [-0.4, -0.2) is 48.1 Å². The van der Waals surface area contributed by atoms with Crippen molar-refractivity contribution >= 4 is 17.3 Å². The molecule has 3 heterocycles. The number of anilines is 2. The van der Waals surface area contributed by atoms with Crippen LogP contribution in [0.4, 0.5) is 15.8 Å². The lowest BCUT2D eigenvalue weighted by molar-refractivity contribution is -0.123. The monoisotopic (exact) mass is 291 g/mol. The third kappa shape index (κ3) is 2.01. The van der Waals surface area contributed by atoms with Gasteiger partial charge in [0.15, 0.2) is 6.10 Å². The van der Waals surface area contributed by atoms with Crippen molar-refractivity contribution in [3.05, 3.63) is 23.5 Å². The summed E-state index contributed by atoms with van der Waals surface area (Å²) in [7, 11) is 0. The molecule has 0 radical (unpaired) electrons. The van der Waals surface area contributed by atoms with Crippen molar-refractivity contribution in [3.8, 4) is 0 Å². The second-order valence-electron chi connectivity index (χ2n) is 6.06. The number of carbonyl (C=O) groups excluding carboxylic acids is 1. The van der Waals surface area contributed by atoms with E-state index in [-0.39, 0.29) is 5.82 Å². The van der Waals surface area contributed by atoms with E-state index in [1.807, 2.05) is 0 Å². The van der Waals surface area contributed by atoms with Crippen LogP contribution in [0.5, 0.6) is 0 Å². The molecule has 0 aromatic heterocycles. The third-order valence-corrected chi connectivity index (χ3v) is 4.85. The Kier molecular flexibility index (Phi) is 2.90. The number of benzene rings is 1. The number of fused-ring (bicyclic) bond motifs is 2. The van der Waals surface area contributed by atoms with Gasteiger partial charge in [0, 0.05) is 36.9 Å². The molecule has 1 aromatic carbocycles. The first-order valence-electron chi connectivity index (χ1n) is 7.45. The predicted molar refractivity (Wildman–Crippen MR) is 76.8 cm³/mol. The van der Waals surface area contributed by atoms with Crippen LogP contribution in [0.25, 0.3) is 0 Å². The van der Waals surface area contributed by atoms with Crippen LogP contribution in [0.3, 0.4) is 0 Å². The summed E-state index contributed by atoms with van der Waals surface area (Å²) in [6.45, 7) is 3.72. The minimum atomic E-state index is -1.25. The number of hydrogen-bond acceptors (Lipinski definition) is 4. The number of halogens is 1. The first-order valence-corrected chi connectivity index (χ1v) is 7.45. The lowest BCUT2D eigenvalue weighted by atomic mass is 10.1. The highest BCUT2D eigenvalue weighted by atomic mass is 19.1. The van der Waals surface area contributed by atoms with Gasteiger partial charge in [0.2, 0.25) is 0 Å². The van der Waals surface area contributed by atoms with E-state index < -0.39 is 12.0 Å². The van der Waals surface area contributed by atoms with Gasteiger partial charge in [-0.25, -0.2) is 4.39 Å². The smallest absolute Gasteiger partial charge is 0.257 e. The van der Waals surface area contributed by atoms with Crippen LogP contribution in [0.15, 0.2) is 12.1 Å². The lowest BCUT2D eigenvalue weighted by Crippen LogP contribution is -2.50. The Morgan fingerprint density at radius 1 is 1.29 bits per heavy atom. The summed E-state index contributed by atoms with van der Waals surface area (Å²) in [4.78, 5) is 16.0. The Hall–Kier alpha value is -1.66. The minimum absolute atomic E-state index is 0.334. The molecule has 112 valence electrons. The normalized spacial score (nSPS) is 28.5. The Balaban J connectivity index is 1.64. The Labute approximate surface area is 122 Å². The number of nitrogens with one attached hydrogen (secondary N) is 1. The maximum Gasteiger partial charge on any atom is 0.257 e. The van der Waals surface area contributed by atoms with Crippen LogP contribution in [0, 0.1) is 5.82 Å². The van der Waals surface area contributed by atoms with Gasteiger partial charge in [-0.05, 0) is 31.5 Å². The molecule has 2 N–H and O–H groups in total. The van der Waals surface area contributed by atoms with Crippen molar-refractivity contribution in [1.82, 2.24) is 4.90 Å². The van der Waals surface area contributed by atoms with E-state index in [9.17, 15) is 14.3 Å². The molecule has 2 saturated heterocycles. The third-order valence-electron chi connectivity index (χ3n) is 4.85. The number of aliphatic hydroxyl groups is 1. The molecule has 5 nitrogen and oxygen atoms in total. The molecule has 4 rings (SSSR count). The quantitative estimate of drug-likeness (QED) is 0.813. The second kappa shape index (κ2) is 4.68. The van der Waals surface area contributed by atoms with E-state index in [0.29, 0.717) is 23.0 Å². The molecule has 2 unspecified atom stereocenters. The van der Waals surface area contributed by atoms with Crippen LogP contribution < -0.4 is 10.2 Å². The fraction of sp³-hybridized carbons (Fsp3) is 0.533. The molecule has 0 saturated carbocycles. The van der Waals surface area contributed by atoms with Crippen molar-refractivity contribution in [2.45, 2.75) is 25.0 Å². The first-order chi connectivity index (χ1) is 10.1. The summed E-state index contributed by atoms with van der Waals surface area (Å²) >= 11 is 0. The molecule has 0 spiro atoms. The topological polar surface area (TPSA) is 55.8 Å². The van der Waals surface area contributed by atoms with Gasteiger partial charge in [-0.2, -0.15) is 0 Å². The van der Waals surface area contributed by atoms with Gasteiger partial charge < -0.3 is 15.3 Å². The van der Waals surface area contributed by atoms with Gasteiger partial charge >= 0.3 is 0 Å². The van der Waals surface area contributed by atoms with Crippen molar-refractivity contribution < 1.29 is 14.3 Å². The molecule has 21 heavy (non-hydrogen) atoms. The van der Waals surface area contributed by atoms with Crippen LogP contribution in [-0.2, 0) is 4.79 Å². The van der Waals surface area contributed by atoms with Gasteiger partial charge in [-0.3, -0.25) is 9.69 Å². The highest BCUT2D eigenvalue weighted by Gasteiger charge is 2.34. The molecule has 0 bridgehead atoms. The summed E-state index contributed by atoms with van der Waals surface area (Å²) in [5.41, 5.74) is 1.38. The molecule has 1 amide bonds. The highest BCUT2D eigenvalue weighted by Crippen LogP contribution is 2.37. The Morgan fingerprint density at radius 2 is 2.14 bits per heavy atom. The molecule has 3 aliphatic rings. The van der Waals surface area contributed by atoms with E-state index in [0.717, 1.165) is 26.2 Å². The van der Waals surface area contributed by atoms with Gasteiger partial charge in [0.25, 0.3) is 5.91 Å². The molecule has 1 aromatic rings. The van der Waals surface area contributed by atoms with Crippen molar-refractivity contribution in [2.24, 2.45) is 0 Å². The van der Waals surface area contributed by atoms with E-state index in [1.54, 1.807) is 6.07 Å². The molecule has 2 fully saturated rings. The number of nitrogens with zero attached hydrogens (tertiary/aromatic N) is 2. The Bertz CT molecular complexity index is 607. The molecule has 6 heteroatoms. The van der Waals surface area contributed by atoms with Gasteiger partial charge in [0.1, 0.15) is 5.82 Å². The summed E-state index contributed by atoms with van der Waals surface area (Å²) in [6.07, 6.45) is 1.13. The van der Waals surface area contributed by atoms with Crippen molar-refractivity contribution in [2.75, 3.05) is 36.4 Å². The standard InChI is InChI=1S/C15H18FN3O2/c16-11-6-10-12(17-15(21)14(10)20)7-13(11)19-5-4-18-3-1-2-9(18)8-19/h6-7,9,14,20H,1-5,8H2,(H,17,21). The zero-order valence-corrected chi connectivity index (χ0v) is 11.7. The summed E-state index contributed by atoms with van der Waals surface area (Å²) < 4.78 is 14.4. The van der Waals surface area contributed by atoms with Gasteiger partial charge in [-0.15, -0.1) is 0 Å². The average molecular weight is 291 g/mol. The SMILES string of the molecule is O=C1Nc2cc(N3CCN4CCCC4C3)c(F)cc2C1O. The summed E-state index contributed by atoms with van der Waals surface area (Å²) in [5.74, 6) is -0.849. The largest absolute Gasteiger partial charge is 0.378 e. The van der Waals surface area contributed by atoms with Gasteiger partial charge in [0.05, 0.1) is 5.69 Å². The molecule has 0 aliphatic carbocycles. The number of hydrogen-bond donors (Lipinski definition) is 2. The number of amides is 1. The molecule has 3 aliphatic heterocycles. The average Bonchev–Trinajstić information content (AvgIpc) is 3.04. The van der Waals surface area contributed by atoms with E-state index in [2.05, 4.69) is 15.1 Å². The summed E-state index contributed by atoms with van der Waals surface area (Å²) in [5, 5.41) is 12.3. The van der Waals surface area contributed by atoms with Crippen LogP contribution in [0.1, 0.15) is 24.5 Å². The van der Waals surface area contributed by atoms with Crippen LogP contribution >= 0.6 is 0 Å². The number of rotatable bonds is 1. The van der Waals surface area contributed by atoms with E-state index in [1.165, 1.54) is 18.9 Å².